The van der Waals surface area contributed by atoms with Crippen molar-refractivity contribution in [2.45, 2.75) is 26.7 Å². The Morgan fingerprint density at radius 1 is 1.45 bits per heavy atom. The van der Waals surface area contributed by atoms with Crippen molar-refractivity contribution in [1.82, 2.24) is 30.3 Å². The average Bonchev–Trinajstić information content (AvgIpc) is 2.78. The second-order valence-electron chi connectivity index (χ2n) is 4.86. The standard InChI is InChI=1S/C13H19N7O2/c1-8-10(3-4-11(21)15-6-5-14)9(2)20(19-8)13-17-12(22)7-16-18-13/h7H,3-6,14H2,1-2H3,(H,15,21)(H,17,18,22). The number of rotatable bonds is 6. The molecule has 0 atom stereocenters. The predicted octanol–water partition coefficient (Wildman–Crippen LogP) is -1.03. The summed E-state index contributed by atoms with van der Waals surface area (Å²) in [6.07, 6.45) is 2.00. The van der Waals surface area contributed by atoms with E-state index in [0.29, 0.717) is 25.9 Å². The highest BCUT2D eigenvalue weighted by atomic mass is 16.1. The molecule has 1 amide bonds. The summed E-state index contributed by atoms with van der Waals surface area (Å²) in [5.41, 5.74) is 7.56. The van der Waals surface area contributed by atoms with Gasteiger partial charge in [0, 0.05) is 25.2 Å². The molecule has 0 spiro atoms. The largest absolute Gasteiger partial charge is 0.355 e. The van der Waals surface area contributed by atoms with Gasteiger partial charge in [-0.15, -0.1) is 10.2 Å². The lowest BCUT2D eigenvalue weighted by atomic mass is 10.1. The van der Waals surface area contributed by atoms with Gasteiger partial charge in [0.05, 0.1) is 5.69 Å². The van der Waals surface area contributed by atoms with E-state index < -0.39 is 0 Å². The van der Waals surface area contributed by atoms with Crippen molar-refractivity contribution in [2.24, 2.45) is 5.73 Å². The van der Waals surface area contributed by atoms with E-state index in [1.165, 1.54) is 4.68 Å². The minimum absolute atomic E-state index is 0.0510. The maximum absolute atomic E-state index is 11.7. The smallest absolute Gasteiger partial charge is 0.271 e. The molecule has 0 aliphatic rings. The number of aromatic amines is 1. The zero-order chi connectivity index (χ0) is 16.1. The van der Waals surface area contributed by atoms with Crippen LogP contribution < -0.4 is 16.6 Å². The monoisotopic (exact) mass is 305 g/mol. The van der Waals surface area contributed by atoms with Gasteiger partial charge < -0.3 is 11.1 Å². The SMILES string of the molecule is Cc1nn(-c2nncc(=O)[nH]2)c(C)c1CCC(=O)NCCN. The quantitative estimate of drug-likeness (QED) is 0.625. The lowest BCUT2D eigenvalue weighted by molar-refractivity contribution is -0.120. The van der Waals surface area contributed by atoms with Crippen LogP contribution in [0, 0.1) is 13.8 Å². The number of carbonyl (C=O) groups excluding carboxylic acids is 1. The van der Waals surface area contributed by atoms with Gasteiger partial charge in [0.25, 0.3) is 11.5 Å². The van der Waals surface area contributed by atoms with Crippen LogP contribution in [0.2, 0.25) is 0 Å². The van der Waals surface area contributed by atoms with Gasteiger partial charge in [-0.2, -0.15) is 5.10 Å². The van der Waals surface area contributed by atoms with Crippen molar-refractivity contribution in [3.8, 4) is 5.95 Å². The maximum Gasteiger partial charge on any atom is 0.271 e. The summed E-state index contributed by atoms with van der Waals surface area (Å²) in [4.78, 5) is 25.6. The van der Waals surface area contributed by atoms with E-state index >= 15 is 0 Å². The van der Waals surface area contributed by atoms with Gasteiger partial charge in [-0.3, -0.25) is 14.6 Å². The number of aryl methyl sites for hydroxylation is 1. The van der Waals surface area contributed by atoms with E-state index in [1.807, 2.05) is 13.8 Å². The Bertz CT molecular complexity index is 719. The zero-order valence-electron chi connectivity index (χ0n) is 12.6. The molecule has 0 aromatic carbocycles. The summed E-state index contributed by atoms with van der Waals surface area (Å²) in [6.45, 7) is 4.60. The average molecular weight is 305 g/mol. The highest BCUT2D eigenvalue weighted by Gasteiger charge is 2.15. The first-order chi connectivity index (χ1) is 10.5. The Hall–Kier alpha value is -2.55. The predicted molar refractivity (Wildman–Crippen MR) is 79.6 cm³/mol. The molecule has 0 unspecified atom stereocenters. The van der Waals surface area contributed by atoms with Crippen molar-refractivity contribution in [2.75, 3.05) is 13.1 Å². The summed E-state index contributed by atoms with van der Waals surface area (Å²) < 4.78 is 1.52. The highest BCUT2D eigenvalue weighted by Crippen LogP contribution is 2.16. The molecular weight excluding hydrogens is 286 g/mol. The van der Waals surface area contributed by atoms with E-state index in [2.05, 4.69) is 25.6 Å². The van der Waals surface area contributed by atoms with E-state index in [0.717, 1.165) is 23.1 Å². The molecule has 118 valence electrons. The van der Waals surface area contributed by atoms with Gasteiger partial charge in [-0.1, -0.05) is 0 Å². The molecule has 2 rings (SSSR count). The first-order valence-corrected chi connectivity index (χ1v) is 6.97. The minimum Gasteiger partial charge on any atom is -0.355 e. The van der Waals surface area contributed by atoms with Crippen LogP contribution in [0.4, 0.5) is 0 Å². The molecule has 22 heavy (non-hydrogen) atoms. The first kappa shape index (κ1) is 15.8. The van der Waals surface area contributed by atoms with Gasteiger partial charge >= 0.3 is 0 Å². The van der Waals surface area contributed by atoms with Crippen LogP contribution in [-0.4, -0.2) is 44.0 Å². The molecule has 0 aliphatic heterocycles. The molecule has 0 bridgehead atoms. The van der Waals surface area contributed by atoms with Crippen LogP contribution in [0.15, 0.2) is 11.0 Å². The summed E-state index contributed by atoms with van der Waals surface area (Å²) in [5, 5.41) is 14.6. The van der Waals surface area contributed by atoms with E-state index in [9.17, 15) is 9.59 Å². The van der Waals surface area contributed by atoms with E-state index in [-0.39, 0.29) is 17.4 Å². The molecule has 4 N–H and O–H groups in total. The fourth-order valence-electron chi connectivity index (χ4n) is 2.18. The molecule has 0 fully saturated rings. The number of nitrogens with zero attached hydrogens (tertiary/aromatic N) is 4. The number of H-pyrrole nitrogens is 1. The number of nitrogens with two attached hydrogens (primary N) is 1. The molecule has 2 aromatic rings. The molecular formula is C13H19N7O2. The van der Waals surface area contributed by atoms with E-state index in [1.54, 1.807) is 0 Å². The molecule has 0 saturated heterocycles. The molecule has 9 nitrogen and oxygen atoms in total. The minimum atomic E-state index is -0.347. The normalized spacial score (nSPS) is 10.7. The topological polar surface area (TPSA) is 132 Å². The van der Waals surface area contributed by atoms with Crippen molar-refractivity contribution in [3.05, 3.63) is 33.5 Å². The van der Waals surface area contributed by atoms with Crippen LogP contribution in [-0.2, 0) is 11.2 Å². The molecule has 0 radical (unpaired) electrons. The Morgan fingerprint density at radius 2 is 2.23 bits per heavy atom. The second kappa shape index (κ2) is 6.94. The Kier molecular flexibility index (Phi) is 4.99. The summed E-state index contributed by atoms with van der Waals surface area (Å²) in [6, 6.07) is 0. The third-order valence-corrected chi connectivity index (χ3v) is 3.27. The second-order valence-corrected chi connectivity index (χ2v) is 4.86. The van der Waals surface area contributed by atoms with Crippen LogP contribution in [0.5, 0.6) is 0 Å². The summed E-state index contributed by atoms with van der Waals surface area (Å²) in [5.74, 6) is 0.205. The maximum atomic E-state index is 11.7. The van der Waals surface area contributed by atoms with Crippen molar-refractivity contribution in [3.63, 3.8) is 0 Å². The first-order valence-electron chi connectivity index (χ1n) is 6.97. The third-order valence-electron chi connectivity index (χ3n) is 3.27. The number of aromatic nitrogens is 5. The van der Waals surface area contributed by atoms with Gasteiger partial charge in [0.2, 0.25) is 5.91 Å². The number of hydrogen-bond acceptors (Lipinski definition) is 6. The molecule has 2 aromatic heterocycles. The van der Waals surface area contributed by atoms with Crippen LogP contribution >= 0.6 is 0 Å². The van der Waals surface area contributed by atoms with Gasteiger partial charge in [-0.05, 0) is 25.8 Å². The number of carbonyl (C=O) groups is 1. The fraction of sp³-hybridized carbons (Fsp3) is 0.462. The molecule has 2 heterocycles. The number of amides is 1. The Labute approximate surface area is 126 Å². The number of nitrogens with one attached hydrogen (secondary N) is 2. The van der Waals surface area contributed by atoms with Gasteiger partial charge in [-0.25, -0.2) is 4.68 Å². The van der Waals surface area contributed by atoms with Crippen molar-refractivity contribution < 1.29 is 4.79 Å². The van der Waals surface area contributed by atoms with Crippen molar-refractivity contribution >= 4 is 5.91 Å². The van der Waals surface area contributed by atoms with E-state index in [4.69, 9.17) is 5.73 Å². The van der Waals surface area contributed by atoms with Crippen molar-refractivity contribution in [1.29, 1.82) is 0 Å². The van der Waals surface area contributed by atoms with Crippen LogP contribution in [0.3, 0.4) is 0 Å². The van der Waals surface area contributed by atoms with Gasteiger partial charge in [0.1, 0.15) is 6.20 Å². The molecule has 9 heteroatoms. The fourth-order valence-corrected chi connectivity index (χ4v) is 2.18. The van der Waals surface area contributed by atoms with Crippen LogP contribution in [0.25, 0.3) is 5.95 Å². The summed E-state index contributed by atoms with van der Waals surface area (Å²) in [7, 11) is 0. The lowest BCUT2D eigenvalue weighted by Crippen LogP contribution is -2.29. The van der Waals surface area contributed by atoms with Gasteiger partial charge in [0.15, 0.2) is 0 Å². The Balaban J connectivity index is 2.17. The molecule has 0 saturated carbocycles. The zero-order valence-corrected chi connectivity index (χ0v) is 12.6. The Morgan fingerprint density at radius 3 is 2.91 bits per heavy atom. The summed E-state index contributed by atoms with van der Waals surface area (Å²) >= 11 is 0. The third kappa shape index (κ3) is 3.55. The number of hydrogen-bond donors (Lipinski definition) is 3. The molecule has 0 aliphatic carbocycles. The highest BCUT2D eigenvalue weighted by molar-refractivity contribution is 5.76. The lowest BCUT2D eigenvalue weighted by Gasteiger charge is -2.05. The van der Waals surface area contributed by atoms with Crippen LogP contribution in [0.1, 0.15) is 23.4 Å².